The van der Waals surface area contributed by atoms with Crippen LogP contribution in [0.25, 0.3) is 0 Å². The van der Waals surface area contributed by atoms with Crippen molar-refractivity contribution in [2.45, 2.75) is 16.7 Å². The molecular formula is C23H23NO4S2. The standard InChI is InChI=1S/C23H23NO4S2/c1-29(26)16-22(19-10-4-2-5-11-19)24-23(25)20-12-8-9-18(15-20)17-30(27,28)21-13-6-3-7-14-21/h2-15,22H,16-17H2,1H3,(H,24,25)/t22-,29-/m0/s1. The molecular weight excluding hydrogens is 418 g/mol. The molecule has 3 aromatic carbocycles. The molecule has 3 rings (SSSR count). The van der Waals surface area contributed by atoms with E-state index in [-0.39, 0.29) is 22.3 Å². The molecule has 0 aromatic heterocycles. The van der Waals surface area contributed by atoms with Gasteiger partial charge in [0.05, 0.1) is 16.7 Å². The second-order valence-corrected chi connectivity index (χ2v) is 10.4. The zero-order chi connectivity index (χ0) is 21.6. The Morgan fingerprint density at radius 3 is 2.20 bits per heavy atom. The largest absolute Gasteiger partial charge is 0.344 e. The van der Waals surface area contributed by atoms with E-state index >= 15 is 0 Å². The Hall–Kier alpha value is -2.77. The molecule has 0 spiro atoms. The van der Waals surface area contributed by atoms with Gasteiger partial charge in [0.15, 0.2) is 9.84 Å². The van der Waals surface area contributed by atoms with E-state index in [9.17, 15) is 17.4 Å². The molecule has 0 saturated carbocycles. The molecule has 0 radical (unpaired) electrons. The van der Waals surface area contributed by atoms with Gasteiger partial charge in [0.1, 0.15) is 0 Å². The summed E-state index contributed by atoms with van der Waals surface area (Å²) >= 11 is 0. The number of carbonyl (C=O) groups excluding carboxylic acids is 1. The second kappa shape index (κ2) is 9.82. The average Bonchev–Trinajstić information content (AvgIpc) is 2.74. The Morgan fingerprint density at radius 2 is 1.57 bits per heavy atom. The van der Waals surface area contributed by atoms with Crippen LogP contribution in [0.15, 0.2) is 89.8 Å². The van der Waals surface area contributed by atoms with Crippen LogP contribution in [0.5, 0.6) is 0 Å². The van der Waals surface area contributed by atoms with Gasteiger partial charge in [-0.25, -0.2) is 8.42 Å². The zero-order valence-corrected chi connectivity index (χ0v) is 18.2. The average molecular weight is 442 g/mol. The molecule has 30 heavy (non-hydrogen) atoms. The fraction of sp³-hybridized carbons (Fsp3) is 0.174. The van der Waals surface area contributed by atoms with Crippen molar-refractivity contribution in [2.24, 2.45) is 0 Å². The summed E-state index contributed by atoms with van der Waals surface area (Å²) in [6.45, 7) is 0. The Morgan fingerprint density at radius 1 is 0.933 bits per heavy atom. The molecule has 0 aliphatic rings. The molecule has 0 aliphatic carbocycles. The highest BCUT2D eigenvalue weighted by Gasteiger charge is 2.19. The number of hydrogen-bond acceptors (Lipinski definition) is 4. The predicted molar refractivity (Wildman–Crippen MR) is 119 cm³/mol. The van der Waals surface area contributed by atoms with E-state index in [1.54, 1.807) is 60.9 Å². The van der Waals surface area contributed by atoms with Crippen molar-refractivity contribution in [3.05, 3.63) is 102 Å². The van der Waals surface area contributed by atoms with Crippen LogP contribution in [0.3, 0.4) is 0 Å². The van der Waals surface area contributed by atoms with E-state index in [0.29, 0.717) is 11.1 Å². The number of benzene rings is 3. The summed E-state index contributed by atoms with van der Waals surface area (Å²) in [6.07, 6.45) is 1.59. The lowest BCUT2D eigenvalue weighted by Gasteiger charge is -2.18. The normalized spacial score (nSPS) is 13.4. The molecule has 0 unspecified atom stereocenters. The molecule has 0 fully saturated rings. The third-order valence-corrected chi connectivity index (χ3v) is 7.06. The van der Waals surface area contributed by atoms with Gasteiger partial charge in [-0.15, -0.1) is 0 Å². The molecule has 0 saturated heterocycles. The lowest BCUT2D eigenvalue weighted by atomic mass is 10.1. The Kier molecular flexibility index (Phi) is 7.18. The van der Waals surface area contributed by atoms with Gasteiger partial charge in [-0.1, -0.05) is 60.7 Å². The van der Waals surface area contributed by atoms with Crippen LogP contribution in [0.4, 0.5) is 0 Å². The first-order valence-corrected chi connectivity index (χ1v) is 12.8. The number of sulfone groups is 1. The van der Waals surface area contributed by atoms with Crippen LogP contribution in [0, 0.1) is 0 Å². The van der Waals surface area contributed by atoms with Crippen molar-refractivity contribution in [3.63, 3.8) is 0 Å². The topological polar surface area (TPSA) is 80.3 Å². The number of hydrogen-bond donors (Lipinski definition) is 1. The van der Waals surface area contributed by atoms with E-state index in [4.69, 9.17) is 0 Å². The second-order valence-electron chi connectivity index (χ2n) is 6.95. The van der Waals surface area contributed by atoms with Gasteiger partial charge in [-0.2, -0.15) is 0 Å². The summed E-state index contributed by atoms with van der Waals surface area (Å²) < 4.78 is 37.0. The van der Waals surface area contributed by atoms with Crippen LogP contribution in [-0.4, -0.2) is 30.5 Å². The van der Waals surface area contributed by atoms with Crippen molar-refractivity contribution in [1.29, 1.82) is 0 Å². The number of carbonyl (C=O) groups is 1. The summed E-state index contributed by atoms with van der Waals surface area (Å²) in [5.41, 5.74) is 1.75. The maximum absolute atomic E-state index is 12.8. The zero-order valence-electron chi connectivity index (χ0n) is 16.5. The quantitative estimate of drug-likeness (QED) is 0.580. The number of rotatable bonds is 8. The van der Waals surface area contributed by atoms with E-state index < -0.39 is 26.7 Å². The van der Waals surface area contributed by atoms with Crippen LogP contribution < -0.4 is 5.32 Å². The van der Waals surface area contributed by atoms with Gasteiger partial charge in [-0.3, -0.25) is 9.00 Å². The van der Waals surface area contributed by atoms with Crippen molar-refractivity contribution in [2.75, 3.05) is 12.0 Å². The monoisotopic (exact) mass is 441 g/mol. The Labute approximate surface area is 179 Å². The molecule has 5 nitrogen and oxygen atoms in total. The van der Waals surface area contributed by atoms with Crippen molar-refractivity contribution in [1.82, 2.24) is 5.32 Å². The highest BCUT2D eigenvalue weighted by atomic mass is 32.2. The lowest BCUT2D eigenvalue weighted by Crippen LogP contribution is -2.32. The number of amides is 1. The van der Waals surface area contributed by atoms with Crippen LogP contribution in [0.2, 0.25) is 0 Å². The minimum Gasteiger partial charge on any atom is -0.344 e. The number of nitrogens with one attached hydrogen (secondary N) is 1. The molecule has 0 aliphatic heterocycles. The fourth-order valence-corrected chi connectivity index (χ4v) is 5.22. The van der Waals surface area contributed by atoms with Crippen molar-refractivity contribution < 1.29 is 17.4 Å². The summed E-state index contributed by atoms with van der Waals surface area (Å²) in [5, 5.41) is 2.92. The van der Waals surface area contributed by atoms with E-state index in [0.717, 1.165) is 5.56 Å². The molecule has 2 atom stereocenters. The molecule has 1 N–H and O–H groups in total. The molecule has 7 heteroatoms. The fourth-order valence-electron chi connectivity index (χ4n) is 3.12. The molecule has 0 heterocycles. The van der Waals surface area contributed by atoms with Gasteiger partial charge < -0.3 is 5.32 Å². The summed E-state index contributed by atoms with van der Waals surface area (Å²) in [7, 11) is -4.61. The maximum atomic E-state index is 12.8. The van der Waals surface area contributed by atoms with E-state index in [1.807, 2.05) is 30.3 Å². The van der Waals surface area contributed by atoms with Crippen LogP contribution >= 0.6 is 0 Å². The maximum Gasteiger partial charge on any atom is 0.251 e. The Balaban J connectivity index is 1.79. The first-order chi connectivity index (χ1) is 14.3. The SMILES string of the molecule is C[S@](=O)C[C@H](NC(=O)c1cccc(CS(=O)(=O)c2ccccc2)c1)c1ccccc1. The third kappa shape index (κ3) is 5.87. The summed E-state index contributed by atoms with van der Waals surface area (Å²) in [4.78, 5) is 13.1. The van der Waals surface area contributed by atoms with Crippen molar-refractivity contribution >= 4 is 26.5 Å². The molecule has 1 amide bonds. The van der Waals surface area contributed by atoms with Gasteiger partial charge in [0.2, 0.25) is 0 Å². The smallest absolute Gasteiger partial charge is 0.251 e. The highest BCUT2D eigenvalue weighted by molar-refractivity contribution is 7.90. The summed E-state index contributed by atoms with van der Waals surface area (Å²) in [5.74, 6) is -0.245. The molecule has 156 valence electrons. The lowest BCUT2D eigenvalue weighted by molar-refractivity contribution is 0.0940. The predicted octanol–water partition coefficient (Wildman–Crippen LogP) is 3.51. The van der Waals surface area contributed by atoms with Gasteiger partial charge in [-0.05, 0) is 35.4 Å². The van der Waals surface area contributed by atoms with Gasteiger partial charge >= 0.3 is 0 Å². The third-order valence-electron chi connectivity index (χ3n) is 4.56. The highest BCUT2D eigenvalue weighted by Crippen LogP contribution is 2.18. The van der Waals surface area contributed by atoms with Crippen LogP contribution in [0.1, 0.15) is 27.5 Å². The minimum atomic E-state index is -3.51. The van der Waals surface area contributed by atoms with Crippen molar-refractivity contribution in [3.8, 4) is 0 Å². The van der Waals surface area contributed by atoms with Gasteiger partial charge in [0, 0.05) is 28.4 Å². The first-order valence-electron chi connectivity index (χ1n) is 9.38. The van der Waals surface area contributed by atoms with Gasteiger partial charge in [0.25, 0.3) is 5.91 Å². The van der Waals surface area contributed by atoms with Crippen LogP contribution in [-0.2, 0) is 26.4 Å². The Bertz CT molecular complexity index is 1130. The molecule has 3 aromatic rings. The van der Waals surface area contributed by atoms with E-state index in [1.165, 1.54) is 0 Å². The molecule has 0 bridgehead atoms. The van der Waals surface area contributed by atoms with E-state index in [2.05, 4.69) is 5.32 Å². The minimum absolute atomic E-state index is 0.195. The first kappa shape index (κ1) is 21.9. The summed E-state index contributed by atoms with van der Waals surface area (Å²) in [6, 6.07) is 23.8.